The van der Waals surface area contributed by atoms with Gasteiger partial charge in [0.15, 0.2) is 0 Å². The maximum atomic E-state index is 14.5. The molecule has 1 fully saturated rings. The van der Waals surface area contributed by atoms with E-state index in [-0.39, 0.29) is 22.3 Å². The monoisotopic (exact) mass is 574 g/mol. The number of halogens is 3. The van der Waals surface area contributed by atoms with Crippen molar-refractivity contribution in [1.29, 1.82) is 0 Å². The molecule has 12 heteroatoms. The maximum absolute atomic E-state index is 14.5. The second-order valence-electron chi connectivity index (χ2n) is 9.12. The summed E-state index contributed by atoms with van der Waals surface area (Å²) in [7, 11) is 0. The number of hydrogen-bond donors (Lipinski definition) is 1. The van der Waals surface area contributed by atoms with E-state index in [0.29, 0.717) is 35.8 Å². The van der Waals surface area contributed by atoms with E-state index >= 15 is 0 Å². The lowest BCUT2D eigenvalue weighted by atomic mass is 9.69. The molecule has 4 rings (SSSR count). The first-order chi connectivity index (χ1) is 19.0. The zero-order valence-corrected chi connectivity index (χ0v) is 23.2. The van der Waals surface area contributed by atoms with Gasteiger partial charge in [0.05, 0.1) is 31.3 Å². The fraction of sp³-hybridized carbons (Fsp3) is 0.357. The predicted molar refractivity (Wildman–Crippen MR) is 145 cm³/mol. The second-order valence-corrected chi connectivity index (χ2v) is 10.3. The standard InChI is InChI=1S/C28H29F3N4O4S/c1-5-38-23-15-32-13-11-21(23)17(3)27(18(4)22-12-14-33-16-24(22)39-6-2)25(36)35(26(37)34-27)19-7-9-20(10-8-19)40-28(29,30)31/h7-18H,5-6H2,1-4H3,(H,34,37). The number of aromatic nitrogens is 2. The Morgan fingerprint density at radius 2 is 1.40 bits per heavy atom. The van der Waals surface area contributed by atoms with Crippen molar-refractivity contribution in [3.63, 3.8) is 0 Å². The minimum Gasteiger partial charge on any atom is -0.492 e. The molecule has 0 bridgehead atoms. The first-order valence-corrected chi connectivity index (χ1v) is 13.5. The second kappa shape index (κ2) is 11.7. The zero-order valence-electron chi connectivity index (χ0n) is 22.4. The average Bonchev–Trinajstić information content (AvgIpc) is 3.19. The average molecular weight is 575 g/mol. The summed E-state index contributed by atoms with van der Waals surface area (Å²) in [6.07, 6.45) is 6.28. The molecule has 2 aromatic heterocycles. The minimum absolute atomic E-state index is 0.0624. The molecule has 0 radical (unpaired) electrons. The number of thioether (sulfide) groups is 1. The summed E-state index contributed by atoms with van der Waals surface area (Å²) in [6.45, 7) is 8.02. The number of hydrogen-bond acceptors (Lipinski definition) is 7. The van der Waals surface area contributed by atoms with Crippen molar-refractivity contribution in [2.24, 2.45) is 0 Å². The third-order valence-corrected chi connectivity index (χ3v) is 7.67. The van der Waals surface area contributed by atoms with Crippen molar-refractivity contribution in [1.82, 2.24) is 15.3 Å². The van der Waals surface area contributed by atoms with Crippen molar-refractivity contribution < 1.29 is 32.2 Å². The lowest BCUT2D eigenvalue weighted by Gasteiger charge is -2.39. The lowest BCUT2D eigenvalue weighted by Crippen LogP contribution is -2.55. The highest BCUT2D eigenvalue weighted by molar-refractivity contribution is 8.00. The number of benzene rings is 1. The number of nitrogens with one attached hydrogen (secondary N) is 1. The molecule has 2 unspecified atom stereocenters. The molecule has 40 heavy (non-hydrogen) atoms. The number of imide groups is 1. The summed E-state index contributed by atoms with van der Waals surface area (Å²) in [5.74, 6) is -0.879. The van der Waals surface area contributed by atoms with Crippen LogP contribution in [-0.2, 0) is 4.79 Å². The van der Waals surface area contributed by atoms with E-state index in [4.69, 9.17) is 9.47 Å². The molecule has 212 valence electrons. The van der Waals surface area contributed by atoms with Gasteiger partial charge in [0.25, 0.3) is 5.91 Å². The van der Waals surface area contributed by atoms with Crippen molar-refractivity contribution in [3.05, 3.63) is 72.3 Å². The smallest absolute Gasteiger partial charge is 0.446 e. The third kappa shape index (κ3) is 5.58. The Bertz CT molecular complexity index is 1310. The predicted octanol–water partition coefficient (Wildman–Crippen LogP) is 6.29. The summed E-state index contributed by atoms with van der Waals surface area (Å²) in [4.78, 5) is 37.2. The van der Waals surface area contributed by atoms with Gasteiger partial charge >= 0.3 is 11.5 Å². The number of anilines is 1. The highest BCUT2D eigenvalue weighted by atomic mass is 32.2. The molecular weight excluding hydrogens is 545 g/mol. The van der Waals surface area contributed by atoms with Crippen LogP contribution in [-0.4, -0.2) is 46.2 Å². The van der Waals surface area contributed by atoms with Crippen LogP contribution in [0.2, 0.25) is 0 Å². The fourth-order valence-corrected chi connectivity index (χ4v) is 5.64. The number of urea groups is 1. The lowest BCUT2D eigenvalue weighted by molar-refractivity contribution is -0.123. The van der Waals surface area contributed by atoms with Crippen LogP contribution in [0.3, 0.4) is 0 Å². The molecule has 1 aliphatic heterocycles. The highest BCUT2D eigenvalue weighted by Crippen LogP contribution is 2.48. The van der Waals surface area contributed by atoms with Crippen LogP contribution in [0.5, 0.6) is 11.5 Å². The summed E-state index contributed by atoms with van der Waals surface area (Å²) in [5.41, 5.74) is -4.54. The Hall–Kier alpha value is -3.80. The summed E-state index contributed by atoms with van der Waals surface area (Å²) < 4.78 is 50.2. The van der Waals surface area contributed by atoms with Gasteiger partial charge in [-0.3, -0.25) is 14.8 Å². The van der Waals surface area contributed by atoms with Crippen LogP contribution in [0.1, 0.15) is 50.7 Å². The van der Waals surface area contributed by atoms with Crippen LogP contribution in [0.4, 0.5) is 23.7 Å². The molecule has 0 saturated carbocycles. The minimum atomic E-state index is -4.46. The molecule has 8 nitrogen and oxygen atoms in total. The highest BCUT2D eigenvalue weighted by Gasteiger charge is 2.59. The van der Waals surface area contributed by atoms with Crippen molar-refractivity contribution >= 4 is 29.4 Å². The third-order valence-electron chi connectivity index (χ3n) is 6.93. The number of carbonyl (C=O) groups excluding carboxylic acids is 2. The fourth-order valence-electron chi connectivity index (χ4n) is 5.10. The Kier molecular flexibility index (Phi) is 8.57. The van der Waals surface area contributed by atoms with Gasteiger partial charge in [0.1, 0.15) is 17.0 Å². The number of carbonyl (C=O) groups is 2. The quantitative estimate of drug-likeness (QED) is 0.225. The summed E-state index contributed by atoms with van der Waals surface area (Å²) >= 11 is -0.274. The van der Waals surface area contributed by atoms with Crippen LogP contribution < -0.4 is 19.7 Å². The first kappa shape index (κ1) is 29.2. The van der Waals surface area contributed by atoms with E-state index in [1.165, 1.54) is 24.3 Å². The SMILES string of the molecule is CCOc1cnccc1C(C)C1(C(C)c2ccncc2OCC)NC(=O)N(c2ccc(SC(F)(F)F)cc2)C1=O. The van der Waals surface area contributed by atoms with Gasteiger partial charge in [0, 0.05) is 40.3 Å². The van der Waals surface area contributed by atoms with Crippen molar-refractivity contribution in [3.8, 4) is 11.5 Å². The van der Waals surface area contributed by atoms with Gasteiger partial charge in [0.2, 0.25) is 0 Å². The number of rotatable bonds is 10. The van der Waals surface area contributed by atoms with E-state index in [0.717, 1.165) is 4.90 Å². The normalized spacial score (nSPS) is 18.8. The number of pyridine rings is 2. The number of amides is 3. The van der Waals surface area contributed by atoms with Gasteiger partial charge < -0.3 is 14.8 Å². The Balaban J connectivity index is 1.84. The van der Waals surface area contributed by atoms with Crippen LogP contribution >= 0.6 is 11.8 Å². The molecule has 1 aliphatic rings. The number of nitrogens with zero attached hydrogens (tertiary/aromatic N) is 3. The molecule has 3 heterocycles. The molecular formula is C28H29F3N4O4S. The van der Waals surface area contributed by atoms with Gasteiger partial charge in [-0.1, -0.05) is 13.8 Å². The van der Waals surface area contributed by atoms with Crippen LogP contribution in [0, 0.1) is 0 Å². The van der Waals surface area contributed by atoms with E-state index in [1.54, 1.807) is 36.9 Å². The van der Waals surface area contributed by atoms with Gasteiger partial charge in [-0.15, -0.1) is 0 Å². The Morgan fingerprint density at radius 1 is 0.900 bits per heavy atom. The Labute approximate surface area is 234 Å². The van der Waals surface area contributed by atoms with Gasteiger partial charge in [-0.25, -0.2) is 9.69 Å². The molecule has 1 aromatic carbocycles. The number of alkyl halides is 3. The van der Waals surface area contributed by atoms with Crippen LogP contribution in [0.15, 0.2) is 66.1 Å². The molecule has 3 aromatic rings. The molecule has 3 amide bonds. The van der Waals surface area contributed by atoms with Crippen molar-refractivity contribution in [2.45, 2.75) is 55.5 Å². The van der Waals surface area contributed by atoms with Gasteiger partial charge in [-0.05, 0) is 62.0 Å². The van der Waals surface area contributed by atoms with Crippen molar-refractivity contribution in [2.75, 3.05) is 18.1 Å². The van der Waals surface area contributed by atoms with E-state index < -0.39 is 34.8 Å². The topological polar surface area (TPSA) is 93.7 Å². The molecule has 0 aliphatic carbocycles. The zero-order chi connectivity index (χ0) is 29.1. The molecule has 0 spiro atoms. The van der Waals surface area contributed by atoms with Gasteiger partial charge in [-0.2, -0.15) is 13.2 Å². The van der Waals surface area contributed by atoms with E-state index in [2.05, 4.69) is 15.3 Å². The first-order valence-electron chi connectivity index (χ1n) is 12.7. The summed E-state index contributed by atoms with van der Waals surface area (Å²) in [6, 6.07) is 7.90. The number of ether oxygens (including phenoxy) is 2. The molecule has 2 atom stereocenters. The van der Waals surface area contributed by atoms with E-state index in [1.807, 2.05) is 27.7 Å². The largest absolute Gasteiger partial charge is 0.492 e. The summed E-state index contributed by atoms with van der Waals surface area (Å²) in [5, 5.41) is 2.95. The molecule has 1 N–H and O–H groups in total. The van der Waals surface area contributed by atoms with Crippen LogP contribution in [0.25, 0.3) is 0 Å². The Morgan fingerprint density at radius 3 is 1.85 bits per heavy atom. The van der Waals surface area contributed by atoms with E-state index in [9.17, 15) is 22.8 Å². The maximum Gasteiger partial charge on any atom is 0.446 e. The molecule has 1 saturated heterocycles.